The van der Waals surface area contributed by atoms with Crippen LogP contribution in [0.4, 0.5) is 0 Å². The molecule has 9 heteroatoms. The van der Waals surface area contributed by atoms with E-state index in [9.17, 15) is 19.4 Å². The highest BCUT2D eigenvalue weighted by atomic mass is 31.2. The minimum atomic E-state index is -4.59. The zero-order valence-corrected chi connectivity index (χ0v) is 30.9. The summed E-state index contributed by atoms with van der Waals surface area (Å²) < 4.78 is 23.0. The molecule has 3 unspecified atom stereocenters. The number of nitrogens with zero attached hydrogens (tertiary/aromatic N) is 1. The SMILES string of the molecule is CCC/C=C\CCCCCCCC(=O)NC(COP(=O)([O-])OCC[N+](C)(C)C)C(O)/C=C/CC/C=C/CC/C=C/CCCCCC. The van der Waals surface area contributed by atoms with Crippen LogP contribution in [0.1, 0.15) is 129 Å². The van der Waals surface area contributed by atoms with Gasteiger partial charge in [-0.15, -0.1) is 0 Å². The molecule has 2 N–H and O–H groups in total. The Morgan fingerprint density at radius 2 is 1.26 bits per heavy atom. The summed E-state index contributed by atoms with van der Waals surface area (Å²) >= 11 is 0. The van der Waals surface area contributed by atoms with Crippen LogP contribution >= 0.6 is 7.82 Å². The van der Waals surface area contributed by atoms with Crippen molar-refractivity contribution in [2.24, 2.45) is 0 Å². The average molecular weight is 669 g/mol. The van der Waals surface area contributed by atoms with E-state index in [0.29, 0.717) is 17.4 Å². The summed E-state index contributed by atoms with van der Waals surface area (Å²) in [5.41, 5.74) is 0. The molecule has 0 rings (SSSR count). The maximum absolute atomic E-state index is 12.7. The number of aliphatic hydroxyl groups is 1. The number of unbranched alkanes of at least 4 members (excludes halogenated alkanes) is 12. The Kier molecular flexibility index (Phi) is 28.6. The highest BCUT2D eigenvalue weighted by Crippen LogP contribution is 2.38. The van der Waals surface area contributed by atoms with Gasteiger partial charge >= 0.3 is 0 Å². The van der Waals surface area contributed by atoms with Crippen molar-refractivity contribution in [3.63, 3.8) is 0 Å². The molecule has 8 nitrogen and oxygen atoms in total. The van der Waals surface area contributed by atoms with Crippen LogP contribution in [-0.4, -0.2) is 68.5 Å². The van der Waals surface area contributed by atoms with E-state index in [1.165, 1.54) is 32.1 Å². The lowest BCUT2D eigenvalue weighted by Crippen LogP contribution is -2.45. The van der Waals surface area contributed by atoms with Gasteiger partial charge in [0.25, 0.3) is 7.82 Å². The van der Waals surface area contributed by atoms with Crippen molar-refractivity contribution in [2.45, 2.75) is 142 Å². The van der Waals surface area contributed by atoms with Crippen LogP contribution in [0.15, 0.2) is 48.6 Å². The molecule has 1 amide bonds. The van der Waals surface area contributed by atoms with E-state index in [1.54, 1.807) is 6.08 Å². The summed E-state index contributed by atoms with van der Waals surface area (Å²) in [5, 5.41) is 13.6. The van der Waals surface area contributed by atoms with Crippen LogP contribution in [0.5, 0.6) is 0 Å². The van der Waals surface area contributed by atoms with Crippen LogP contribution in [0, 0.1) is 0 Å². The molecule has 0 aliphatic carbocycles. The highest BCUT2D eigenvalue weighted by Gasteiger charge is 2.23. The van der Waals surface area contributed by atoms with Crippen LogP contribution in [0.25, 0.3) is 0 Å². The molecule has 0 saturated heterocycles. The number of carbonyl (C=O) groups excluding carboxylic acids is 1. The number of likely N-dealkylation sites (N-methyl/N-ethyl adjacent to an activating group) is 1. The van der Waals surface area contributed by atoms with Crippen LogP contribution in [0.3, 0.4) is 0 Å². The lowest BCUT2D eigenvalue weighted by Gasteiger charge is -2.29. The van der Waals surface area contributed by atoms with E-state index >= 15 is 0 Å². The summed E-state index contributed by atoms with van der Waals surface area (Å²) in [4.78, 5) is 25.0. The van der Waals surface area contributed by atoms with E-state index in [-0.39, 0.29) is 12.5 Å². The Morgan fingerprint density at radius 3 is 1.85 bits per heavy atom. The fourth-order valence-electron chi connectivity index (χ4n) is 4.54. The molecule has 0 bridgehead atoms. The molecule has 46 heavy (non-hydrogen) atoms. The Bertz CT molecular complexity index is 897. The van der Waals surface area contributed by atoms with Crippen molar-refractivity contribution >= 4 is 13.7 Å². The van der Waals surface area contributed by atoms with Gasteiger partial charge in [-0.1, -0.05) is 107 Å². The van der Waals surface area contributed by atoms with Crippen molar-refractivity contribution in [1.82, 2.24) is 5.32 Å². The predicted octanol–water partition coefficient (Wildman–Crippen LogP) is 8.33. The number of nitrogens with one attached hydrogen (secondary N) is 1. The first-order valence-electron chi connectivity index (χ1n) is 18.0. The number of hydrogen-bond acceptors (Lipinski definition) is 6. The third-order valence-corrected chi connectivity index (χ3v) is 8.43. The zero-order chi connectivity index (χ0) is 34.4. The number of rotatable bonds is 31. The fourth-order valence-corrected chi connectivity index (χ4v) is 5.26. The van der Waals surface area contributed by atoms with Gasteiger partial charge in [0.15, 0.2) is 0 Å². The van der Waals surface area contributed by atoms with Gasteiger partial charge in [-0.25, -0.2) is 0 Å². The number of hydrogen-bond donors (Lipinski definition) is 2. The molecule has 0 aromatic rings. The van der Waals surface area contributed by atoms with Crippen molar-refractivity contribution in [1.29, 1.82) is 0 Å². The monoisotopic (exact) mass is 668 g/mol. The molecular weight excluding hydrogens is 599 g/mol. The second-order valence-electron chi connectivity index (χ2n) is 13.2. The smallest absolute Gasteiger partial charge is 0.268 e. The first-order chi connectivity index (χ1) is 22.0. The third kappa shape index (κ3) is 31.1. The predicted molar refractivity (Wildman–Crippen MR) is 191 cm³/mol. The van der Waals surface area contributed by atoms with Gasteiger partial charge in [0.2, 0.25) is 5.91 Å². The van der Waals surface area contributed by atoms with Gasteiger partial charge in [0.05, 0.1) is 39.9 Å². The fraction of sp³-hybridized carbons (Fsp3) is 0.757. The number of allylic oxidation sites excluding steroid dienone is 7. The van der Waals surface area contributed by atoms with E-state index < -0.39 is 26.6 Å². The molecule has 0 aromatic heterocycles. The Balaban J connectivity index is 4.69. The largest absolute Gasteiger partial charge is 0.756 e. The Hall–Kier alpha value is -1.54. The van der Waals surface area contributed by atoms with Gasteiger partial charge in [-0.3, -0.25) is 9.36 Å². The second-order valence-corrected chi connectivity index (χ2v) is 14.6. The second kappa shape index (κ2) is 29.6. The molecule has 0 aliphatic rings. The first kappa shape index (κ1) is 44.5. The molecule has 0 spiro atoms. The molecule has 0 aliphatic heterocycles. The van der Waals surface area contributed by atoms with E-state index in [0.717, 1.165) is 77.0 Å². The van der Waals surface area contributed by atoms with Crippen LogP contribution < -0.4 is 10.2 Å². The number of phosphoric acid groups is 1. The van der Waals surface area contributed by atoms with E-state index in [4.69, 9.17) is 9.05 Å². The molecule has 268 valence electrons. The summed E-state index contributed by atoms with van der Waals surface area (Å²) in [6.07, 6.45) is 34.4. The molecule has 3 atom stereocenters. The van der Waals surface area contributed by atoms with Gasteiger partial charge in [0.1, 0.15) is 13.2 Å². The van der Waals surface area contributed by atoms with Crippen LogP contribution in [-0.2, 0) is 18.4 Å². The van der Waals surface area contributed by atoms with Crippen LogP contribution in [0.2, 0.25) is 0 Å². The average Bonchev–Trinajstić information content (AvgIpc) is 2.99. The number of phosphoric ester groups is 1. The van der Waals surface area contributed by atoms with Crippen molar-refractivity contribution < 1.29 is 32.9 Å². The van der Waals surface area contributed by atoms with Gasteiger partial charge < -0.3 is 28.8 Å². The van der Waals surface area contributed by atoms with Gasteiger partial charge in [-0.2, -0.15) is 0 Å². The maximum Gasteiger partial charge on any atom is 0.268 e. The van der Waals surface area contributed by atoms with Gasteiger partial charge in [0, 0.05) is 6.42 Å². The lowest BCUT2D eigenvalue weighted by atomic mass is 10.1. The highest BCUT2D eigenvalue weighted by molar-refractivity contribution is 7.45. The molecule has 0 aromatic carbocycles. The van der Waals surface area contributed by atoms with Crippen molar-refractivity contribution in [3.05, 3.63) is 48.6 Å². The minimum Gasteiger partial charge on any atom is -0.756 e. The number of amides is 1. The Labute approximate surface area is 282 Å². The maximum atomic E-state index is 12.7. The minimum absolute atomic E-state index is 0.0123. The summed E-state index contributed by atoms with van der Waals surface area (Å²) in [5.74, 6) is -0.229. The molecule has 0 saturated carbocycles. The Morgan fingerprint density at radius 1 is 0.739 bits per heavy atom. The van der Waals surface area contributed by atoms with Crippen molar-refractivity contribution in [2.75, 3.05) is 40.9 Å². The summed E-state index contributed by atoms with van der Waals surface area (Å²) in [6, 6.07) is -0.910. The first-order valence-corrected chi connectivity index (χ1v) is 19.5. The van der Waals surface area contributed by atoms with E-state index in [2.05, 4.69) is 55.6 Å². The number of carbonyl (C=O) groups is 1. The normalized spacial score (nSPS) is 15.4. The number of aliphatic hydroxyl groups excluding tert-OH is 1. The third-order valence-electron chi connectivity index (χ3n) is 7.47. The molecule has 0 radical (unpaired) electrons. The zero-order valence-electron chi connectivity index (χ0n) is 30.0. The summed E-state index contributed by atoms with van der Waals surface area (Å²) in [7, 11) is 1.22. The number of quaternary nitrogens is 1. The van der Waals surface area contributed by atoms with Crippen molar-refractivity contribution in [3.8, 4) is 0 Å². The van der Waals surface area contributed by atoms with Gasteiger partial charge in [-0.05, 0) is 64.2 Å². The summed E-state index contributed by atoms with van der Waals surface area (Å²) in [6.45, 7) is 4.48. The van der Waals surface area contributed by atoms with E-state index in [1.807, 2.05) is 27.2 Å². The lowest BCUT2D eigenvalue weighted by molar-refractivity contribution is -0.870. The quantitative estimate of drug-likeness (QED) is 0.0333. The molecular formula is C37H69N2O6P. The molecule has 0 heterocycles. The molecule has 0 fully saturated rings. The topological polar surface area (TPSA) is 108 Å². The standard InChI is InChI=1S/C37H69N2O6P/c1-6-8-10-12-14-16-18-19-20-21-22-24-26-28-30-36(40)35(34-45-46(42,43)44-33-32-39(3,4)5)38-37(41)31-29-27-25-23-17-15-13-11-9-7-2/h11,13,16,18,21-22,28,30,35-36,40H,6-10,12,14-15,17,19-20,23-27,29,31-34H2,1-5H3,(H-,38,41,42,43)/b13-11-,18-16+,22-21+,30-28+.